The number of anilines is 1. The summed E-state index contributed by atoms with van der Waals surface area (Å²) >= 11 is 0. The SMILES string of the molecule is COc1ccccc1N(CC(=O)N1CCC(Cc2ccccc2)CC1)S(C)(=O)=O. The van der Waals surface area contributed by atoms with E-state index in [-0.39, 0.29) is 12.5 Å². The lowest BCUT2D eigenvalue weighted by Gasteiger charge is -2.34. The average molecular weight is 417 g/mol. The number of hydrogen-bond donors (Lipinski definition) is 0. The minimum absolute atomic E-state index is 0.181. The zero-order valence-electron chi connectivity index (χ0n) is 17.0. The number of carbonyl (C=O) groups excluding carboxylic acids is 1. The molecule has 0 unspecified atom stereocenters. The second-order valence-corrected chi connectivity index (χ2v) is 9.36. The Bertz CT molecular complexity index is 923. The van der Waals surface area contributed by atoms with E-state index in [2.05, 4.69) is 12.1 Å². The first-order valence-electron chi connectivity index (χ1n) is 9.81. The molecule has 0 saturated carbocycles. The number of piperidine rings is 1. The lowest BCUT2D eigenvalue weighted by molar-refractivity contribution is -0.130. The van der Waals surface area contributed by atoms with Gasteiger partial charge in [-0.05, 0) is 42.9 Å². The zero-order chi connectivity index (χ0) is 20.9. The fraction of sp³-hybridized carbons (Fsp3) is 0.409. The van der Waals surface area contributed by atoms with Gasteiger partial charge in [-0.15, -0.1) is 0 Å². The molecule has 1 fully saturated rings. The van der Waals surface area contributed by atoms with E-state index >= 15 is 0 Å². The third-order valence-electron chi connectivity index (χ3n) is 5.37. The van der Waals surface area contributed by atoms with Gasteiger partial charge in [0, 0.05) is 13.1 Å². The molecule has 1 amide bonds. The molecule has 29 heavy (non-hydrogen) atoms. The Kier molecular flexibility index (Phi) is 6.79. The fourth-order valence-electron chi connectivity index (χ4n) is 3.77. The van der Waals surface area contributed by atoms with Crippen LogP contribution in [0, 0.1) is 5.92 Å². The molecule has 0 aromatic heterocycles. The summed E-state index contributed by atoms with van der Waals surface area (Å²) in [5.74, 6) is 0.786. The number of likely N-dealkylation sites (tertiary alicyclic amines) is 1. The minimum Gasteiger partial charge on any atom is -0.495 e. The molecule has 6 nitrogen and oxygen atoms in total. The van der Waals surface area contributed by atoms with Gasteiger partial charge in [-0.3, -0.25) is 9.10 Å². The molecule has 0 radical (unpaired) electrons. The molecule has 0 bridgehead atoms. The first-order valence-corrected chi connectivity index (χ1v) is 11.7. The summed E-state index contributed by atoms with van der Waals surface area (Å²) in [5, 5.41) is 0. The Morgan fingerprint density at radius 1 is 1.07 bits per heavy atom. The number of hydrogen-bond acceptors (Lipinski definition) is 4. The smallest absolute Gasteiger partial charge is 0.243 e. The maximum atomic E-state index is 12.9. The summed E-state index contributed by atoms with van der Waals surface area (Å²) < 4.78 is 31.2. The molecule has 1 aliphatic rings. The predicted octanol–water partition coefficient (Wildman–Crippen LogP) is 2.94. The van der Waals surface area contributed by atoms with Crippen LogP contribution >= 0.6 is 0 Å². The van der Waals surface area contributed by atoms with Crippen LogP contribution in [0.1, 0.15) is 18.4 Å². The van der Waals surface area contributed by atoms with Gasteiger partial charge in [-0.1, -0.05) is 42.5 Å². The highest BCUT2D eigenvalue weighted by molar-refractivity contribution is 7.92. The third-order valence-corrected chi connectivity index (χ3v) is 6.49. The van der Waals surface area contributed by atoms with Gasteiger partial charge >= 0.3 is 0 Å². The van der Waals surface area contributed by atoms with Gasteiger partial charge in [-0.2, -0.15) is 0 Å². The maximum absolute atomic E-state index is 12.9. The van der Waals surface area contributed by atoms with Crippen LogP contribution < -0.4 is 9.04 Å². The van der Waals surface area contributed by atoms with Crippen molar-refractivity contribution in [2.24, 2.45) is 5.92 Å². The van der Waals surface area contributed by atoms with Crippen molar-refractivity contribution in [2.45, 2.75) is 19.3 Å². The number of ether oxygens (including phenoxy) is 1. The Hall–Kier alpha value is -2.54. The molecule has 0 spiro atoms. The first-order chi connectivity index (χ1) is 13.9. The van der Waals surface area contributed by atoms with E-state index in [1.165, 1.54) is 12.7 Å². The van der Waals surface area contributed by atoms with Crippen LogP contribution in [0.2, 0.25) is 0 Å². The third kappa shape index (κ3) is 5.50. The zero-order valence-corrected chi connectivity index (χ0v) is 17.8. The lowest BCUT2D eigenvalue weighted by Crippen LogP contribution is -2.46. The number of amides is 1. The van der Waals surface area contributed by atoms with Gasteiger partial charge in [-0.25, -0.2) is 8.42 Å². The van der Waals surface area contributed by atoms with Gasteiger partial charge in [0.2, 0.25) is 15.9 Å². The number of methoxy groups -OCH3 is 1. The topological polar surface area (TPSA) is 66.9 Å². The van der Waals surface area contributed by atoms with Crippen LogP contribution in [-0.4, -0.2) is 52.2 Å². The molecule has 1 aliphatic heterocycles. The Morgan fingerprint density at radius 3 is 2.31 bits per heavy atom. The number of para-hydroxylation sites is 2. The van der Waals surface area contributed by atoms with Gasteiger partial charge in [0.15, 0.2) is 0 Å². The summed E-state index contributed by atoms with van der Waals surface area (Å²) in [6.07, 6.45) is 3.97. The highest BCUT2D eigenvalue weighted by Crippen LogP contribution is 2.30. The highest BCUT2D eigenvalue weighted by Gasteiger charge is 2.28. The number of sulfonamides is 1. The van der Waals surface area contributed by atoms with Gasteiger partial charge < -0.3 is 9.64 Å². The first kappa shape index (κ1) is 21.2. The van der Waals surface area contributed by atoms with Crippen LogP contribution in [0.15, 0.2) is 54.6 Å². The molecule has 0 atom stereocenters. The average Bonchev–Trinajstić information content (AvgIpc) is 2.72. The number of nitrogens with zero attached hydrogens (tertiary/aromatic N) is 2. The van der Waals surface area contributed by atoms with Crippen LogP contribution in [0.25, 0.3) is 0 Å². The van der Waals surface area contributed by atoms with Crippen molar-refractivity contribution in [3.8, 4) is 5.75 Å². The Balaban J connectivity index is 1.64. The Morgan fingerprint density at radius 2 is 1.69 bits per heavy atom. The molecular weight excluding hydrogens is 388 g/mol. The number of carbonyl (C=O) groups is 1. The molecule has 2 aromatic rings. The van der Waals surface area contributed by atoms with Crippen molar-refractivity contribution in [2.75, 3.05) is 37.3 Å². The lowest BCUT2D eigenvalue weighted by atomic mass is 9.90. The van der Waals surface area contributed by atoms with Gasteiger partial charge in [0.25, 0.3) is 0 Å². The molecule has 3 rings (SSSR count). The second-order valence-electron chi connectivity index (χ2n) is 7.46. The minimum atomic E-state index is -3.63. The van der Waals surface area contributed by atoms with E-state index < -0.39 is 10.0 Å². The van der Waals surface area contributed by atoms with Crippen LogP contribution in [0.4, 0.5) is 5.69 Å². The largest absolute Gasteiger partial charge is 0.495 e. The fourth-order valence-corrected chi connectivity index (χ4v) is 4.63. The summed E-state index contributed by atoms with van der Waals surface area (Å²) in [7, 11) is -2.15. The van der Waals surface area contributed by atoms with Crippen LogP contribution in [-0.2, 0) is 21.2 Å². The summed E-state index contributed by atoms with van der Waals surface area (Å²) in [6, 6.07) is 17.2. The number of rotatable bonds is 7. The van der Waals surface area contributed by atoms with E-state index in [4.69, 9.17) is 4.74 Å². The predicted molar refractivity (Wildman–Crippen MR) is 115 cm³/mol. The van der Waals surface area contributed by atoms with Crippen molar-refractivity contribution in [3.63, 3.8) is 0 Å². The molecule has 156 valence electrons. The normalized spacial score (nSPS) is 15.2. The molecular formula is C22H28N2O4S. The van der Waals surface area contributed by atoms with Crippen molar-refractivity contribution >= 4 is 21.6 Å². The number of benzene rings is 2. The van der Waals surface area contributed by atoms with Gasteiger partial charge in [0.05, 0.1) is 19.1 Å². The van der Waals surface area contributed by atoms with E-state index in [9.17, 15) is 13.2 Å². The molecule has 7 heteroatoms. The summed E-state index contributed by atoms with van der Waals surface area (Å²) in [6.45, 7) is 1.09. The van der Waals surface area contributed by atoms with Crippen molar-refractivity contribution in [1.82, 2.24) is 4.90 Å². The Labute approximate surface area is 173 Å². The second kappa shape index (κ2) is 9.31. The molecule has 2 aromatic carbocycles. The summed E-state index contributed by atoms with van der Waals surface area (Å²) in [5.41, 5.74) is 1.70. The van der Waals surface area contributed by atoms with Crippen molar-refractivity contribution in [3.05, 3.63) is 60.2 Å². The molecule has 0 N–H and O–H groups in total. The van der Waals surface area contributed by atoms with E-state index in [1.807, 2.05) is 18.2 Å². The van der Waals surface area contributed by atoms with Gasteiger partial charge in [0.1, 0.15) is 12.3 Å². The molecule has 0 aliphatic carbocycles. The van der Waals surface area contributed by atoms with E-state index in [0.29, 0.717) is 30.4 Å². The van der Waals surface area contributed by atoms with Crippen molar-refractivity contribution < 1.29 is 17.9 Å². The maximum Gasteiger partial charge on any atom is 0.243 e. The van der Waals surface area contributed by atoms with Crippen LogP contribution in [0.5, 0.6) is 5.75 Å². The highest BCUT2D eigenvalue weighted by atomic mass is 32.2. The van der Waals surface area contributed by atoms with Crippen molar-refractivity contribution in [1.29, 1.82) is 0 Å². The molecule has 1 heterocycles. The quantitative estimate of drug-likeness (QED) is 0.696. The summed E-state index contributed by atoms with van der Waals surface area (Å²) in [4.78, 5) is 14.6. The standard InChI is InChI=1S/C22H28N2O4S/c1-28-21-11-7-6-10-20(21)24(29(2,26)27)17-22(25)23-14-12-19(13-15-23)16-18-8-4-3-5-9-18/h3-11,19H,12-17H2,1-2H3. The van der Waals surface area contributed by atoms with E-state index in [1.54, 1.807) is 29.2 Å². The monoisotopic (exact) mass is 416 g/mol. The van der Waals surface area contributed by atoms with E-state index in [0.717, 1.165) is 29.8 Å². The molecule has 1 saturated heterocycles. The van der Waals surface area contributed by atoms with Crippen LogP contribution in [0.3, 0.4) is 0 Å².